The van der Waals surface area contributed by atoms with Crippen LogP contribution in [0, 0.1) is 11.6 Å². The predicted molar refractivity (Wildman–Crippen MR) is 69.8 cm³/mol. The summed E-state index contributed by atoms with van der Waals surface area (Å²) in [5.41, 5.74) is 5.29. The molecule has 0 aromatic carbocycles. The van der Waals surface area contributed by atoms with Gasteiger partial charge in [0, 0.05) is 18.1 Å². The fourth-order valence-corrected chi connectivity index (χ4v) is 1.86. The molecule has 2 aromatic rings. The Kier molecular flexibility index (Phi) is 3.19. The summed E-state index contributed by atoms with van der Waals surface area (Å²) in [5.74, 6) is 0. The number of aryl methyl sites for hydroxylation is 1. The van der Waals surface area contributed by atoms with E-state index in [4.69, 9.17) is 12.2 Å². The summed E-state index contributed by atoms with van der Waals surface area (Å²) in [6.07, 6.45) is 2.85. The molecule has 4 heteroatoms. The maximum atomic E-state index is 5.39. The van der Waals surface area contributed by atoms with Gasteiger partial charge >= 0.3 is 0 Å². The second kappa shape index (κ2) is 4.61. The van der Waals surface area contributed by atoms with Crippen molar-refractivity contribution in [1.82, 2.24) is 9.66 Å². The summed E-state index contributed by atoms with van der Waals surface area (Å²) in [7, 11) is 0. The minimum Gasteiger partial charge on any atom is -0.323 e. The van der Waals surface area contributed by atoms with Crippen LogP contribution in [0.1, 0.15) is 18.9 Å². The van der Waals surface area contributed by atoms with Gasteiger partial charge in [-0.25, -0.2) is 9.66 Å². The van der Waals surface area contributed by atoms with Crippen molar-refractivity contribution in [3.8, 4) is 0 Å². The van der Waals surface area contributed by atoms with Gasteiger partial charge in [-0.05, 0) is 37.1 Å². The highest BCUT2D eigenvalue weighted by Gasteiger charge is 2.03. The lowest BCUT2D eigenvalue weighted by Gasteiger charge is -2.13. The van der Waals surface area contributed by atoms with Crippen molar-refractivity contribution < 1.29 is 0 Å². The van der Waals surface area contributed by atoms with Gasteiger partial charge in [-0.1, -0.05) is 19.1 Å². The number of pyridine rings is 2. The van der Waals surface area contributed by atoms with E-state index in [1.165, 1.54) is 0 Å². The van der Waals surface area contributed by atoms with Gasteiger partial charge in [0.05, 0.1) is 0 Å². The summed E-state index contributed by atoms with van der Waals surface area (Å²) < 4.78 is 2.71. The van der Waals surface area contributed by atoms with Gasteiger partial charge in [-0.3, -0.25) is 0 Å². The van der Waals surface area contributed by atoms with Crippen molar-refractivity contribution in [2.75, 3.05) is 12.0 Å². The molecule has 0 atom stereocenters. The molecule has 16 heavy (non-hydrogen) atoms. The first-order valence-corrected chi connectivity index (χ1v) is 5.86. The fourth-order valence-electron chi connectivity index (χ4n) is 1.65. The smallest absolute Gasteiger partial charge is 0.159 e. The Bertz CT molecular complexity index is 560. The van der Waals surface area contributed by atoms with Gasteiger partial charge in [0.1, 0.15) is 4.64 Å². The Morgan fingerprint density at radius 1 is 1.50 bits per heavy atom. The number of nitrogens with one attached hydrogen (secondary N) is 1. The van der Waals surface area contributed by atoms with E-state index in [0.29, 0.717) is 0 Å². The molecule has 2 rings (SSSR count). The van der Waals surface area contributed by atoms with E-state index < -0.39 is 0 Å². The molecule has 3 nitrogen and oxygen atoms in total. The van der Waals surface area contributed by atoms with Crippen LogP contribution < -0.4 is 5.43 Å². The quantitative estimate of drug-likeness (QED) is 0.826. The van der Waals surface area contributed by atoms with Crippen molar-refractivity contribution in [3.63, 3.8) is 0 Å². The molecule has 0 aliphatic carbocycles. The molecule has 0 spiro atoms. The van der Waals surface area contributed by atoms with E-state index in [2.05, 4.69) is 23.4 Å². The Balaban J connectivity index is 2.66. The van der Waals surface area contributed by atoms with E-state index in [0.717, 1.165) is 34.2 Å². The average Bonchev–Trinajstić information content (AvgIpc) is 2.30. The zero-order chi connectivity index (χ0) is 11.5. The lowest BCUT2D eigenvalue weighted by atomic mass is 10.2. The monoisotopic (exact) mass is 233 g/mol. The number of aromatic nitrogens is 2. The lowest BCUT2D eigenvalue weighted by Crippen LogP contribution is -2.18. The van der Waals surface area contributed by atoms with E-state index in [-0.39, 0.29) is 0 Å². The second-order valence-corrected chi connectivity index (χ2v) is 4.18. The van der Waals surface area contributed by atoms with Crippen LogP contribution in [0.15, 0.2) is 24.4 Å². The molecule has 1 N–H and O–H groups in total. The Labute approximate surface area is 100 Å². The van der Waals surface area contributed by atoms with Gasteiger partial charge in [-0.2, -0.15) is 0 Å². The Hall–Kier alpha value is -1.42. The van der Waals surface area contributed by atoms with Gasteiger partial charge in [-0.15, -0.1) is 0 Å². The molecule has 0 bridgehead atoms. The first kappa shape index (κ1) is 11.1. The van der Waals surface area contributed by atoms with Crippen molar-refractivity contribution in [1.29, 1.82) is 0 Å². The molecule has 0 fully saturated rings. The minimum absolute atomic E-state index is 0.805. The molecule has 0 amide bonds. The third-order valence-electron chi connectivity index (χ3n) is 2.46. The first-order chi connectivity index (χ1) is 7.74. The van der Waals surface area contributed by atoms with Crippen LogP contribution in [0.25, 0.3) is 11.0 Å². The molecule has 2 aromatic heterocycles. The topological polar surface area (TPSA) is 29.9 Å². The Morgan fingerprint density at radius 3 is 3.06 bits per heavy atom. The van der Waals surface area contributed by atoms with Crippen molar-refractivity contribution in [2.45, 2.75) is 20.3 Å². The number of nitrogens with zero attached hydrogens (tertiary/aromatic N) is 2. The lowest BCUT2D eigenvalue weighted by molar-refractivity contribution is 0.806. The highest BCUT2D eigenvalue weighted by Crippen LogP contribution is 2.14. The number of fused-ring (bicyclic) bond motifs is 1. The van der Waals surface area contributed by atoms with E-state index in [1.807, 2.05) is 23.7 Å². The zero-order valence-electron chi connectivity index (χ0n) is 9.53. The molecule has 2 heterocycles. The van der Waals surface area contributed by atoms with E-state index >= 15 is 0 Å². The number of rotatable bonds is 3. The van der Waals surface area contributed by atoms with Crippen LogP contribution in [-0.4, -0.2) is 16.2 Å². The maximum Gasteiger partial charge on any atom is 0.159 e. The molecule has 0 radical (unpaired) electrons. The molecule has 0 saturated carbocycles. The molecular formula is C12H15N3S. The summed E-state index contributed by atoms with van der Waals surface area (Å²) in [4.78, 5) is 4.37. The number of hydrogen-bond acceptors (Lipinski definition) is 3. The average molecular weight is 233 g/mol. The van der Waals surface area contributed by atoms with Crippen molar-refractivity contribution in [3.05, 3.63) is 34.6 Å². The standard InChI is InChI=1S/C12H15N3S/c1-3-6-14-15-11-10(5-4-7-13-11)8-9(2)12(15)16/h4-5,7-8,14H,3,6H2,1-2H3. The molecule has 0 aliphatic heterocycles. The van der Waals surface area contributed by atoms with Crippen molar-refractivity contribution in [2.24, 2.45) is 0 Å². The van der Waals surface area contributed by atoms with Crippen LogP contribution in [0.2, 0.25) is 0 Å². The van der Waals surface area contributed by atoms with Crippen LogP contribution in [0.5, 0.6) is 0 Å². The fraction of sp³-hybridized carbons (Fsp3) is 0.333. The maximum absolute atomic E-state index is 5.39. The van der Waals surface area contributed by atoms with E-state index in [1.54, 1.807) is 6.20 Å². The van der Waals surface area contributed by atoms with Gasteiger partial charge in [0.15, 0.2) is 5.65 Å². The molecule has 0 saturated heterocycles. The first-order valence-electron chi connectivity index (χ1n) is 5.45. The minimum atomic E-state index is 0.805. The predicted octanol–water partition coefficient (Wildman–Crippen LogP) is 3.03. The summed E-state index contributed by atoms with van der Waals surface area (Å²) >= 11 is 5.39. The summed E-state index contributed by atoms with van der Waals surface area (Å²) in [5, 5.41) is 1.11. The van der Waals surface area contributed by atoms with Gasteiger partial charge < -0.3 is 5.43 Å². The highest BCUT2D eigenvalue weighted by atomic mass is 32.1. The molecular weight excluding hydrogens is 218 g/mol. The van der Waals surface area contributed by atoms with Crippen molar-refractivity contribution >= 4 is 23.3 Å². The van der Waals surface area contributed by atoms with Crippen LogP contribution in [-0.2, 0) is 0 Å². The zero-order valence-corrected chi connectivity index (χ0v) is 10.3. The van der Waals surface area contributed by atoms with Crippen LogP contribution in [0.3, 0.4) is 0 Å². The van der Waals surface area contributed by atoms with Crippen LogP contribution in [0.4, 0.5) is 0 Å². The molecule has 0 unspecified atom stereocenters. The Morgan fingerprint density at radius 2 is 2.31 bits per heavy atom. The summed E-state index contributed by atoms with van der Waals surface area (Å²) in [6.45, 7) is 5.05. The summed E-state index contributed by atoms with van der Waals surface area (Å²) in [6, 6.07) is 6.07. The largest absolute Gasteiger partial charge is 0.323 e. The SMILES string of the molecule is CCCNn1c(=S)c(C)cc2cccnc21. The van der Waals surface area contributed by atoms with Gasteiger partial charge in [0.25, 0.3) is 0 Å². The third-order valence-corrected chi connectivity index (χ3v) is 2.97. The molecule has 84 valence electrons. The van der Waals surface area contributed by atoms with Gasteiger partial charge in [0.2, 0.25) is 0 Å². The number of hydrogen-bond donors (Lipinski definition) is 1. The third kappa shape index (κ3) is 1.93. The second-order valence-electron chi connectivity index (χ2n) is 3.79. The normalized spacial score (nSPS) is 10.6. The highest BCUT2D eigenvalue weighted by molar-refractivity contribution is 7.71. The molecule has 0 aliphatic rings. The van der Waals surface area contributed by atoms with Crippen LogP contribution >= 0.6 is 12.2 Å². The van der Waals surface area contributed by atoms with E-state index in [9.17, 15) is 0 Å².